The van der Waals surface area contributed by atoms with E-state index < -0.39 is 18.0 Å². The normalized spacial score (nSPS) is 11.7. The maximum atomic E-state index is 12.5. The molecular weight excluding hydrogens is 320 g/mol. The minimum atomic E-state index is -1.16. The molecule has 0 fully saturated rings. The number of carbonyl (C=O) groups excluding carboxylic acids is 2. The van der Waals surface area contributed by atoms with Gasteiger partial charge in [-0.15, -0.1) is 0 Å². The predicted molar refractivity (Wildman–Crippen MR) is 89.9 cm³/mol. The lowest BCUT2D eigenvalue weighted by Crippen LogP contribution is -2.26. The van der Waals surface area contributed by atoms with Crippen LogP contribution in [0.3, 0.4) is 0 Å². The van der Waals surface area contributed by atoms with E-state index in [-0.39, 0.29) is 5.56 Å². The summed E-state index contributed by atoms with van der Waals surface area (Å²) in [5.74, 6) is -0.838. The van der Waals surface area contributed by atoms with Gasteiger partial charge in [-0.2, -0.15) is 5.10 Å². The summed E-state index contributed by atoms with van der Waals surface area (Å²) in [7, 11) is 0. The third-order valence-corrected chi connectivity index (χ3v) is 3.68. The van der Waals surface area contributed by atoms with E-state index in [1.54, 1.807) is 55.6 Å². The van der Waals surface area contributed by atoms with Gasteiger partial charge in [-0.05, 0) is 19.1 Å². The van der Waals surface area contributed by atoms with E-state index >= 15 is 0 Å². The van der Waals surface area contributed by atoms with Gasteiger partial charge in [0.05, 0.1) is 11.9 Å². The molecule has 2 N–H and O–H groups in total. The van der Waals surface area contributed by atoms with Crippen molar-refractivity contribution in [3.63, 3.8) is 0 Å². The molecule has 0 aliphatic rings. The molecule has 3 rings (SSSR count). The molecule has 0 aliphatic carbocycles. The van der Waals surface area contributed by atoms with E-state index in [4.69, 9.17) is 10.5 Å². The van der Waals surface area contributed by atoms with Crippen LogP contribution in [-0.2, 0) is 9.53 Å². The molecule has 2 heterocycles. The van der Waals surface area contributed by atoms with Crippen LogP contribution in [0.2, 0.25) is 0 Å². The van der Waals surface area contributed by atoms with Gasteiger partial charge < -0.3 is 10.5 Å². The number of nitrogens with two attached hydrogens (primary N) is 1. The Morgan fingerprint density at radius 2 is 1.84 bits per heavy atom. The molecule has 2 aromatic heterocycles. The molecule has 0 saturated carbocycles. The fourth-order valence-corrected chi connectivity index (χ4v) is 2.41. The molecule has 3 aromatic rings. The van der Waals surface area contributed by atoms with E-state index in [0.717, 1.165) is 0 Å². The molecule has 0 saturated heterocycles. The zero-order valence-electron chi connectivity index (χ0n) is 13.5. The molecule has 1 aromatic carbocycles. The highest BCUT2D eigenvalue weighted by molar-refractivity contribution is 5.93. The number of hydrogen-bond donors (Lipinski definition) is 1. The smallest absolute Gasteiger partial charge is 0.342 e. The summed E-state index contributed by atoms with van der Waals surface area (Å²) < 4.78 is 6.85. The number of hydrogen-bond acceptors (Lipinski definition) is 5. The van der Waals surface area contributed by atoms with Gasteiger partial charge in [0.25, 0.3) is 5.91 Å². The van der Waals surface area contributed by atoms with Crippen molar-refractivity contribution in [1.29, 1.82) is 0 Å². The van der Waals surface area contributed by atoms with Crippen molar-refractivity contribution in [1.82, 2.24) is 14.8 Å². The molecule has 7 heteroatoms. The summed E-state index contributed by atoms with van der Waals surface area (Å²) in [4.78, 5) is 28.4. The number of nitrogens with zero attached hydrogens (tertiary/aromatic N) is 3. The van der Waals surface area contributed by atoms with Crippen LogP contribution in [0.1, 0.15) is 27.7 Å². The lowest BCUT2D eigenvalue weighted by molar-refractivity contribution is -0.127. The lowest BCUT2D eigenvalue weighted by Gasteiger charge is -2.14. The fourth-order valence-electron chi connectivity index (χ4n) is 2.41. The first-order valence-corrected chi connectivity index (χ1v) is 7.59. The standard InChI is InChI=1S/C18H16N4O3/c1-12-14(11-21-22(12)15-9-5-6-10-20-15)18(24)25-16(17(19)23)13-7-3-2-4-8-13/h2-11,16H,1H3,(H2,19,23). The minimum Gasteiger partial charge on any atom is -0.444 e. The summed E-state index contributed by atoms with van der Waals surface area (Å²) in [6, 6.07) is 14.0. The molecule has 25 heavy (non-hydrogen) atoms. The molecule has 0 aliphatic heterocycles. The quantitative estimate of drug-likeness (QED) is 0.718. The fraction of sp³-hybridized carbons (Fsp3) is 0.111. The average molecular weight is 336 g/mol. The summed E-state index contributed by atoms with van der Waals surface area (Å²) in [6.45, 7) is 1.72. The third kappa shape index (κ3) is 3.40. The zero-order chi connectivity index (χ0) is 17.8. The second-order valence-electron chi connectivity index (χ2n) is 5.34. The van der Waals surface area contributed by atoms with E-state index in [1.807, 2.05) is 6.07 Å². The monoisotopic (exact) mass is 336 g/mol. The Bertz CT molecular complexity index is 891. The first-order valence-electron chi connectivity index (χ1n) is 7.59. The van der Waals surface area contributed by atoms with Gasteiger partial charge in [0.15, 0.2) is 5.82 Å². The predicted octanol–water partition coefficient (Wildman–Crippen LogP) is 1.96. The van der Waals surface area contributed by atoms with Crippen LogP contribution >= 0.6 is 0 Å². The number of primary amides is 1. The van der Waals surface area contributed by atoms with Crippen LogP contribution in [0.4, 0.5) is 0 Å². The Hall–Kier alpha value is -3.48. The van der Waals surface area contributed by atoms with Crippen molar-refractivity contribution in [3.05, 3.63) is 77.7 Å². The number of amides is 1. The second kappa shape index (κ2) is 6.96. The average Bonchev–Trinajstić information content (AvgIpc) is 3.02. The van der Waals surface area contributed by atoms with Crippen molar-refractivity contribution in [2.75, 3.05) is 0 Å². The summed E-state index contributed by atoms with van der Waals surface area (Å²) in [5, 5.41) is 4.17. The van der Waals surface area contributed by atoms with Crippen LogP contribution in [0.25, 0.3) is 5.82 Å². The van der Waals surface area contributed by atoms with Crippen LogP contribution in [0.15, 0.2) is 60.9 Å². The van der Waals surface area contributed by atoms with Gasteiger partial charge in [0, 0.05) is 11.8 Å². The molecule has 126 valence electrons. The largest absolute Gasteiger partial charge is 0.444 e. The Morgan fingerprint density at radius 1 is 1.12 bits per heavy atom. The zero-order valence-corrected chi connectivity index (χ0v) is 13.5. The van der Waals surface area contributed by atoms with E-state index in [2.05, 4.69) is 10.1 Å². The van der Waals surface area contributed by atoms with Gasteiger partial charge in [-0.25, -0.2) is 14.5 Å². The third-order valence-electron chi connectivity index (χ3n) is 3.68. The Balaban J connectivity index is 1.86. The van der Waals surface area contributed by atoms with Crippen molar-refractivity contribution in [3.8, 4) is 5.82 Å². The van der Waals surface area contributed by atoms with Crippen molar-refractivity contribution >= 4 is 11.9 Å². The summed E-state index contributed by atoms with van der Waals surface area (Å²) in [5.41, 5.74) is 6.69. The number of benzene rings is 1. The van der Waals surface area contributed by atoms with Gasteiger partial charge in [-0.1, -0.05) is 36.4 Å². The van der Waals surface area contributed by atoms with Crippen LogP contribution in [0, 0.1) is 6.92 Å². The van der Waals surface area contributed by atoms with Crippen molar-refractivity contribution in [2.45, 2.75) is 13.0 Å². The number of ether oxygens (including phenoxy) is 1. The van der Waals surface area contributed by atoms with E-state index in [1.165, 1.54) is 10.9 Å². The van der Waals surface area contributed by atoms with Gasteiger partial charge >= 0.3 is 5.97 Å². The van der Waals surface area contributed by atoms with E-state index in [9.17, 15) is 9.59 Å². The molecule has 0 radical (unpaired) electrons. The Morgan fingerprint density at radius 3 is 2.48 bits per heavy atom. The van der Waals surface area contributed by atoms with Gasteiger partial charge in [0.1, 0.15) is 5.56 Å². The number of pyridine rings is 1. The van der Waals surface area contributed by atoms with Crippen molar-refractivity contribution < 1.29 is 14.3 Å². The highest BCUT2D eigenvalue weighted by Crippen LogP contribution is 2.20. The molecular formula is C18H16N4O3. The molecule has 7 nitrogen and oxygen atoms in total. The van der Waals surface area contributed by atoms with Crippen LogP contribution in [0.5, 0.6) is 0 Å². The van der Waals surface area contributed by atoms with Gasteiger partial charge in [-0.3, -0.25) is 4.79 Å². The molecule has 1 unspecified atom stereocenters. The first kappa shape index (κ1) is 16.4. The van der Waals surface area contributed by atoms with Gasteiger partial charge in [0.2, 0.25) is 6.10 Å². The van der Waals surface area contributed by atoms with Crippen LogP contribution < -0.4 is 5.73 Å². The minimum absolute atomic E-state index is 0.243. The Kier molecular flexibility index (Phi) is 4.56. The highest BCUT2D eigenvalue weighted by atomic mass is 16.5. The first-order chi connectivity index (χ1) is 12.1. The lowest BCUT2D eigenvalue weighted by atomic mass is 10.1. The molecule has 0 bridgehead atoms. The summed E-state index contributed by atoms with van der Waals surface area (Å²) in [6.07, 6.45) is 1.86. The number of rotatable bonds is 5. The van der Waals surface area contributed by atoms with Crippen LogP contribution in [-0.4, -0.2) is 26.6 Å². The SMILES string of the molecule is Cc1c(C(=O)OC(C(N)=O)c2ccccc2)cnn1-c1ccccn1. The maximum absolute atomic E-state index is 12.5. The maximum Gasteiger partial charge on any atom is 0.342 e. The highest BCUT2D eigenvalue weighted by Gasteiger charge is 2.25. The molecule has 1 atom stereocenters. The summed E-state index contributed by atoms with van der Waals surface area (Å²) >= 11 is 0. The number of carbonyl (C=O) groups is 2. The number of esters is 1. The van der Waals surface area contributed by atoms with Crippen molar-refractivity contribution in [2.24, 2.45) is 5.73 Å². The number of aromatic nitrogens is 3. The molecule has 1 amide bonds. The Labute approximate surface area is 144 Å². The second-order valence-corrected chi connectivity index (χ2v) is 5.34. The van der Waals surface area contributed by atoms with E-state index in [0.29, 0.717) is 17.1 Å². The molecule has 0 spiro atoms. The topological polar surface area (TPSA) is 100 Å².